The molecule has 0 aromatic heterocycles. The zero-order valence-electron chi connectivity index (χ0n) is 16.2. The smallest absolute Gasteiger partial charge is 0.240 e. The number of fused-ring (bicyclic) bond motifs is 1. The van der Waals surface area contributed by atoms with Crippen molar-refractivity contribution in [1.82, 2.24) is 10.0 Å². The minimum atomic E-state index is -3.54. The van der Waals surface area contributed by atoms with Crippen molar-refractivity contribution in [1.29, 1.82) is 0 Å². The highest BCUT2D eigenvalue weighted by Gasteiger charge is 2.16. The van der Waals surface area contributed by atoms with Crippen LogP contribution in [0.2, 0.25) is 0 Å². The summed E-state index contributed by atoms with van der Waals surface area (Å²) in [5, 5.41) is 2.87. The van der Waals surface area contributed by atoms with Crippen molar-refractivity contribution < 1.29 is 13.2 Å². The Morgan fingerprint density at radius 3 is 2.68 bits per heavy atom. The van der Waals surface area contributed by atoms with Crippen LogP contribution in [-0.2, 0) is 34.2 Å². The molecule has 0 bridgehead atoms. The van der Waals surface area contributed by atoms with Crippen LogP contribution in [0.15, 0.2) is 52.3 Å². The van der Waals surface area contributed by atoms with E-state index < -0.39 is 10.0 Å². The number of hydrogen-bond donors (Lipinski definition) is 2. The topological polar surface area (TPSA) is 75.3 Å². The molecule has 0 aliphatic heterocycles. The Morgan fingerprint density at radius 1 is 1.11 bits per heavy atom. The first-order valence-corrected chi connectivity index (χ1v) is 11.9. The highest BCUT2D eigenvalue weighted by molar-refractivity contribution is 8.00. The van der Waals surface area contributed by atoms with E-state index in [0.717, 1.165) is 23.3 Å². The Kier molecular flexibility index (Phi) is 6.80. The zero-order chi connectivity index (χ0) is 20.1. The Morgan fingerprint density at radius 2 is 1.89 bits per heavy atom. The average molecular weight is 419 g/mol. The van der Waals surface area contributed by atoms with Crippen molar-refractivity contribution in [2.45, 2.75) is 55.5 Å². The second kappa shape index (κ2) is 9.11. The van der Waals surface area contributed by atoms with Crippen molar-refractivity contribution >= 4 is 27.7 Å². The number of carbonyl (C=O) groups is 1. The molecule has 0 fully saturated rings. The van der Waals surface area contributed by atoms with E-state index in [1.165, 1.54) is 29.3 Å². The highest BCUT2D eigenvalue weighted by atomic mass is 32.2. The predicted octanol–water partition coefficient (Wildman–Crippen LogP) is 3.27. The van der Waals surface area contributed by atoms with Crippen LogP contribution in [0.25, 0.3) is 0 Å². The third kappa shape index (κ3) is 5.59. The molecule has 1 aliphatic rings. The zero-order valence-corrected chi connectivity index (χ0v) is 17.8. The summed E-state index contributed by atoms with van der Waals surface area (Å²) in [6.07, 6.45) is 3.49. The first-order valence-electron chi connectivity index (χ1n) is 9.46. The standard InChI is InChI=1S/C21H26N2O3S2/c1-15(2)23-28(25,26)20-8-3-5-16(11-20)13-22-21(24)14-27-19-10-9-17-6-4-7-18(17)12-19/h3,5,8-12,15,23H,4,6-7,13-14H2,1-2H3,(H,22,24). The second-order valence-electron chi connectivity index (χ2n) is 7.27. The number of hydrogen-bond acceptors (Lipinski definition) is 4. The van der Waals surface area contributed by atoms with E-state index >= 15 is 0 Å². The number of amides is 1. The van der Waals surface area contributed by atoms with E-state index in [2.05, 4.69) is 28.2 Å². The van der Waals surface area contributed by atoms with E-state index in [0.29, 0.717) is 12.3 Å². The maximum absolute atomic E-state index is 12.3. The molecule has 2 aromatic rings. The van der Waals surface area contributed by atoms with E-state index in [4.69, 9.17) is 0 Å². The number of rotatable bonds is 8. The molecule has 1 amide bonds. The number of benzene rings is 2. The first kappa shape index (κ1) is 20.9. The van der Waals surface area contributed by atoms with Crippen LogP contribution in [0.3, 0.4) is 0 Å². The third-order valence-electron chi connectivity index (χ3n) is 4.53. The minimum Gasteiger partial charge on any atom is -0.351 e. The molecule has 28 heavy (non-hydrogen) atoms. The monoisotopic (exact) mass is 418 g/mol. The summed E-state index contributed by atoms with van der Waals surface area (Å²) in [5.41, 5.74) is 3.58. The molecular weight excluding hydrogens is 392 g/mol. The molecule has 0 atom stereocenters. The Hall–Kier alpha value is -1.83. The quantitative estimate of drug-likeness (QED) is 0.645. The molecule has 150 valence electrons. The molecule has 0 heterocycles. The van der Waals surface area contributed by atoms with Crippen LogP contribution in [0.4, 0.5) is 0 Å². The number of carbonyl (C=O) groups excluding carboxylic acids is 1. The molecule has 0 saturated heterocycles. The lowest BCUT2D eigenvalue weighted by Crippen LogP contribution is -2.30. The van der Waals surface area contributed by atoms with Gasteiger partial charge in [0.05, 0.1) is 10.6 Å². The summed E-state index contributed by atoms with van der Waals surface area (Å²) in [6, 6.07) is 12.9. The SMILES string of the molecule is CC(C)NS(=O)(=O)c1cccc(CNC(=O)CSc2ccc3c(c2)CCC3)c1. The Balaban J connectivity index is 1.52. The van der Waals surface area contributed by atoms with Gasteiger partial charge in [0.15, 0.2) is 0 Å². The molecule has 0 spiro atoms. The van der Waals surface area contributed by atoms with Gasteiger partial charge in [-0.2, -0.15) is 0 Å². The molecule has 0 unspecified atom stereocenters. The number of thioether (sulfide) groups is 1. The van der Waals surface area contributed by atoms with Crippen LogP contribution < -0.4 is 10.0 Å². The summed E-state index contributed by atoms with van der Waals surface area (Å²) in [7, 11) is -3.54. The molecule has 2 aromatic carbocycles. The van der Waals surface area contributed by atoms with Gasteiger partial charge < -0.3 is 5.32 Å². The highest BCUT2D eigenvalue weighted by Crippen LogP contribution is 2.27. The molecule has 0 radical (unpaired) electrons. The first-order chi connectivity index (χ1) is 13.3. The van der Waals surface area contributed by atoms with Crippen molar-refractivity contribution in [3.63, 3.8) is 0 Å². The van der Waals surface area contributed by atoms with Crippen LogP contribution in [0.1, 0.15) is 37.0 Å². The fraction of sp³-hybridized carbons (Fsp3) is 0.381. The summed E-state index contributed by atoms with van der Waals surface area (Å²) in [4.78, 5) is 13.5. The van der Waals surface area contributed by atoms with E-state index in [-0.39, 0.29) is 16.8 Å². The van der Waals surface area contributed by atoms with Crippen molar-refractivity contribution in [2.24, 2.45) is 0 Å². The molecule has 1 aliphatic carbocycles. The lowest BCUT2D eigenvalue weighted by atomic mass is 10.1. The number of sulfonamides is 1. The molecule has 5 nitrogen and oxygen atoms in total. The molecule has 0 saturated carbocycles. The van der Waals surface area contributed by atoms with Gasteiger partial charge in [-0.3, -0.25) is 4.79 Å². The molecule has 7 heteroatoms. The van der Waals surface area contributed by atoms with Gasteiger partial charge in [-0.1, -0.05) is 18.2 Å². The maximum Gasteiger partial charge on any atom is 0.240 e. The normalized spacial score (nSPS) is 13.5. The lowest BCUT2D eigenvalue weighted by Gasteiger charge is -2.11. The van der Waals surface area contributed by atoms with Crippen LogP contribution in [0.5, 0.6) is 0 Å². The van der Waals surface area contributed by atoms with Gasteiger partial charge in [0.25, 0.3) is 0 Å². The van der Waals surface area contributed by atoms with Gasteiger partial charge in [-0.05, 0) is 74.1 Å². The summed E-state index contributed by atoms with van der Waals surface area (Å²) in [5.74, 6) is 0.269. The Bertz CT molecular complexity index is 956. The second-order valence-corrected chi connectivity index (χ2v) is 10.0. The minimum absolute atomic E-state index is 0.0703. The molecule has 2 N–H and O–H groups in total. The van der Waals surface area contributed by atoms with Gasteiger partial charge in [-0.15, -0.1) is 11.8 Å². The van der Waals surface area contributed by atoms with Gasteiger partial charge in [0, 0.05) is 17.5 Å². The molecule has 3 rings (SSSR count). The largest absolute Gasteiger partial charge is 0.351 e. The fourth-order valence-corrected chi connectivity index (χ4v) is 5.35. The lowest BCUT2D eigenvalue weighted by molar-refractivity contribution is -0.118. The fourth-order valence-electron chi connectivity index (χ4n) is 3.24. The maximum atomic E-state index is 12.3. The average Bonchev–Trinajstić information content (AvgIpc) is 3.12. The van der Waals surface area contributed by atoms with Crippen LogP contribution in [0, 0.1) is 0 Å². The van der Waals surface area contributed by atoms with E-state index in [1.54, 1.807) is 32.0 Å². The van der Waals surface area contributed by atoms with Gasteiger partial charge in [0.2, 0.25) is 15.9 Å². The third-order valence-corrected chi connectivity index (χ3v) is 7.18. The summed E-state index contributed by atoms with van der Waals surface area (Å²) < 4.78 is 27.1. The van der Waals surface area contributed by atoms with Crippen molar-refractivity contribution in [3.05, 3.63) is 59.2 Å². The summed E-state index contributed by atoms with van der Waals surface area (Å²) in [6.45, 7) is 3.86. The van der Waals surface area contributed by atoms with Crippen molar-refractivity contribution in [3.8, 4) is 0 Å². The molecular formula is C21H26N2O3S2. The van der Waals surface area contributed by atoms with E-state index in [1.807, 2.05) is 6.07 Å². The Labute approximate surface area is 171 Å². The number of aryl methyl sites for hydroxylation is 2. The van der Waals surface area contributed by atoms with E-state index in [9.17, 15) is 13.2 Å². The number of nitrogens with one attached hydrogen (secondary N) is 2. The van der Waals surface area contributed by atoms with Gasteiger partial charge in [0.1, 0.15) is 0 Å². The summed E-state index contributed by atoms with van der Waals surface area (Å²) >= 11 is 1.53. The van der Waals surface area contributed by atoms with Crippen molar-refractivity contribution in [2.75, 3.05) is 5.75 Å². The van der Waals surface area contributed by atoms with Gasteiger partial charge >= 0.3 is 0 Å². The van der Waals surface area contributed by atoms with Crippen LogP contribution in [-0.4, -0.2) is 26.1 Å². The predicted molar refractivity (Wildman–Crippen MR) is 113 cm³/mol. The van der Waals surface area contributed by atoms with Gasteiger partial charge in [-0.25, -0.2) is 13.1 Å². The van der Waals surface area contributed by atoms with Crippen LogP contribution >= 0.6 is 11.8 Å².